The van der Waals surface area contributed by atoms with Crippen molar-refractivity contribution < 1.29 is 4.79 Å². The fraction of sp³-hybridized carbons (Fsp3) is 0.400. The molecule has 3 aromatic rings. The van der Waals surface area contributed by atoms with Crippen LogP contribution in [0.25, 0.3) is 11.4 Å². The maximum atomic E-state index is 12.7. The summed E-state index contributed by atoms with van der Waals surface area (Å²) in [6.07, 6.45) is 2.65. The predicted molar refractivity (Wildman–Crippen MR) is 112 cm³/mol. The lowest BCUT2D eigenvalue weighted by atomic mass is 10.2. The molecule has 1 N–H and O–H groups in total. The van der Waals surface area contributed by atoms with Crippen molar-refractivity contribution in [3.63, 3.8) is 0 Å². The van der Waals surface area contributed by atoms with E-state index in [9.17, 15) is 4.79 Å². The first-order valence-corrected chi connectivity index (χ1v) is 10.4. The molecular weight excluding hydrogens is 372 g/mol. The van der Waals surface area contributed by atoms with Gasteiger partial charge in [-0.2, -0.15) is 5.10 Å². The number of carbonyl (C=O) groups is 1. The van der Waals surface area contributed by atoms with Crippen molar-refractivity contribution in [1.82, 2.24) is 24.5 Å². The highest BCUT2D eigenvalue weighted by molar-refractivity contribution is 8.00. The van der Waals surface area contributed by atoms with Crippen molar-refractivity contribution in [3.8, 4) is 11.4 Å². The third kappa shape index (κ3) is 4.27. The Morgan fingerprint density at radius 2 is 1.89 bits per heavy atom. The topological polar surface area (TPSA) is 77.6 Å². The summed E-state index contributed by atoms with van der Waals surface area (Å²) in [5.41, 5.74) is 1.01. The van der Waals surface area contributed by atoms with Crippen molar-refractivity contribution in [3.05, 3.63) is 42.6 Å². The minimum Gasteiger partial charge on any atom is -0.310 e. The van der Waals surface area contributed by atoms with Gasteiger partial charge in [-0.1, -0.05) is 49.0 Å². The molecule has 2 heterocycles. The first-order valence-electron chi connectivity index (χ1n) is 9.54. The molecule has 2 atom stereocenters. The molecule has 0 bridgehead atoms. The van der Waals surface area contributed by atoms with Gasteiger partial charge in [0.2, 0.25) is 5.91 Å². The van der Waals surface area contributed by atoms with Gasteiger partial charge in [0, 0.05) is 18.2 Å². The molecule has 8 heteroatoms. The minimum atomic E-state index is -0.321. The molecule has 0 unspecified atom stereocenters. The van der Waals surface area contributed by atoms with E-state index < -0.39 is 0 Å². The average molecular weight is 399 g/mol. The molecule has 1 aromatic carbocycles. The van der Waals surface area contributed by atoms with Crippen molar-refractivity contribution in [1.29, 1.82) is 0 Å². The lowest BCUT2D eigenvalue weighted by molar-refractivity contribution is -0.115. The maximum absolute atomic E-state index is 12.7. The van der Waals surface area contributed by atoms with Crippen LogP contribution in [0.5, 0.6) is 0 Å². The second kappa shape index (κ2) is 9.05. The van der Waals surface area contributed by atoms with Crippen molar-refractivity contribution in [2.24, 2.45) is 0 Å². The van der Waals surface area contributed by atoms with Gasteiger partial charge in [0.25, 0.3) is 0 Å². The summed E-state index contributed by atoms with van der Waals surface area (Å²) in [6, 6.07) is 12.0. The summed E-state index contributed by atoms with van der Waals surface area (Å²) in [6.45, 7) is 8.83. The molecule has 0 radical (unpaired) electrons. The molecular formula is C20H26N6OS. The summed E-state index contributed by atoms with van der Waals surface area (Å²) in [4.78, 5) is 12.7. The maximum Gasteiger partial charge on any atom is 0.238 e. The van der Waals surface area contributed by atoms with E-state index >= 15 is 0 Å². The Balaban J connectivity index is 1.73. The average Bonchev–Trinajstić information content (AvgIpc) is 3.34. The zero-order valence-electron chi connectivity index (χ0n) is 16.7. The fourth-order valence-electron chi connectivity index (χ4n) is 2.84. The Labute approximate surface area is 169 Å². The summed E-state index contributed by atoms with van der Waals surface area (Å²) in [5, 5.41) is 16.4. The number of nitrogens with one attached hydrogen (secondary N) is 1. The first kappa shape index (κ1) is 20.1. The van der Waals surface area contributed by atoms with Crippen LogP contribution in [0.15, 0.2) is 47.8 Å². The van der Waals surface area contributed by atoms with Gasteiger partial charge in [-0.05, 0) is 27.2 Å². The number of aromatic nitrogens is 5. The van der Waals surface area contributed by atoms with Crippen molar-refractivity contribution in [2.45, 2.75) is 57.1 Å². The van der Waals surface area contributed by atoms with E-state index in [-0.39, 0.29) is 17.2 Å². The number of rotatable bonds is 8. The SMILES string of the molecule is CC[C@@H](C)n1nccc1NC(=O)[C@@H](C)Sc1nnc(-c2ccccc2)n1CC. The summed E-state index contributed by atoms with van der Waals surface area (Å²) >= 11 is 1.41. The second-order valence-corrected chi connectivity index (χ2v) is 7.89. The van der Waals surface area contributed by atoms with Crippen LogP contribution in [-0.2, 0) is 11.3 Å². The van der Waals surface area contributed by atoms with Crippen LogP contribution in [0.4, 0.5) is 5.82 Å². The number of benzene rings is 1. The Morgan fingerprint density at radius 1 is 1.14 bits per heavy atom. The highest BCUT2D eigenvalue weighted by Crippen LogP contribution is 2.27. The number of anilines is 1. The van der Waals surface area contributed by atoms with E-state index in [2.05, 4.69) is 41.4 Å². The highest BCUT2D eigenvalue weighted by atomic mass is 32.2. The molecule has 0 saturated carbocycles. The predicted octanol–water partition coefficient (Wildman–Crippen LogP) is 4.25. The molecule has 1 amide bonds. The van der Waals surface area contributed by atoms with Gasteiger partial charge in [0.1, 0.15) is 5.82 Å². The third-order valence-corrected chi connectivity index (χ3v) is 5.73. The highest BCUT2D eigenvalue weighted by Gasteiger charge is 2.21. The molecule has 0 saturated heterocycles. The van der Waals surface area contributed by atoms with Gasteiger partial charge < -0.3 is 9.88 Å². The van der Waals surface area contributed by atoms with Crippen LogP contribution in [-0.4, -0.2) is 35.7 Å². The Bertz CT molecular complexity index is 920. The zero-order chi connectivity index (χ0) is 20.1. The molecule has 3 rings (SSSR count). The third-order valence-electron chi connectivity index (χ3n) is 4.65. The minimum absolute atomic E-state index is 0.0815. The van der Waals surface area contributed by atoms with Gasteiger partial charge in [0.15, 0.2) is 11.0 Å². The Morgan fingerprint density at radius 3 is 2.57 bits per heavy atom. The molecule has 0 aliphatic carbocycles. The van der Waals surface area contributed by atoms with Crippen LogP contribution < -0.4 is 5.32 Å². The molecule has 0 fully saturated rings. The fourth-order valence-corrected chi connectivity index (χ4v) is 3.75. The molecule has 28 heavy (non-hydrogen) atoms. The number of amides is 1. The second-order valence-electron chi connectivity index (χ2n) is 6.58. The Kier molecular flexibility index (Phi) is 6.51. The van der Waals surface area contributed by atoms with Crippen molar-refractivity contribution >= 4 is 23.5 Å². The molecule has 0 aliphatic heterocycles. The lowest BCUT2D eigenvalue weighted by Crippen LogP contribution is -2.25. The van der Waals surface area contributed by atoms with Crippen LogP contribution in [0.1, 0.15) is 40.2 Å². The van der Waals surface area contributed by atoms with Crippen LogP contribution in [0.3, 0.4) is 0 Å². The van der Waals surface area contributed by atoms with Crippen molar-refractivity contribution in [2.75, 3.05) is 5.32 Å². The van der Waals surface area contributed by atoms with E-state index in [4.69, 9.17) is 0 Å². The van der Waals surface area contributed by atoms with Crippen LogP contribution in [0.2, 0.25) is 0 Å². The van der Waals surface area contributed by atoms with Gasteiger partial charge in [-0.15, -0.1) is 10.2 Å². The standard InChI is InChI=1S/C20H26N6OS/c1-5-14(3)26-17(12-13-21-26)22-19(27)15(4)28-20-24-23-18(25(20)6-2)16-10-8-7-9-11-16/h7-15H,5-6H2,1-4H3,(H,22,27)/t14-,15-/m1/s1. The number of thioether (sulfide) groups is 1. The summed E-state index contributed by atoms with van der Waals surface area (Å²) < 4.78 is 3.88. The van der Waals surface area contributed by atoms with E-state index in [0.717, 1.165) is 29.5 Å². The van der Waals surface area contributed by atoms with Gasteiger partial charge in [0.05, 0.1) is 17.5 Å². The normalized spacial score (nSPS) is 13.3. The number of nitrogens with zero attached hydrogens (tertiary/aromatic N) is 5. The summed E-state index contributed by atoms with van der Waals surface area (Å²) in [7, 11) is 0. The number of hydrogen-bond acceptors (Lipinski definition) is 5. The van der Waals surface area contributed by atoms with Gasteiger partial charge in [-0.25, -0.2) is 4.68 Å². The first-order chi connectivity index (χ1) is 13.5. The quantitative estimate of drug-likeness (QED) is 0.574. The molecule has 0 spiro atoms. The van der Waals surface area contributed by atoms with E-state index in [0.29, 0.717) is 5.82 Å². The van der Waals surface area contributed by atoms with E-state index in [1.807, 2.05) is 52.6 Å². The van der Waals surface area contributed by atoms with Crippen LogP contribution >= 0.6 is 11.8 Å². The largest absolute Gasteiger partial charge is 0.310 e. The smallest absolute Gasteiger partial charge is 0.238 e. The van der Waals surface area contributed by atoms with Gasteiger partial charge in [-0.3, -0.25) is 4.79 Å². The molecule has 2 aromatic heterocycles. The molecule has 0 aliphatic rings. The molecule has 7 nitrogen and oxygen atoms in total. The molecule has 148 valence electrons. The number of hydrogen-bond donors (Lipinski definition) is 1. The summed E-state index contributed by atoms with van der Waals surface area (Å²) in [5.74, 6) is 1.45. The Hall–Kier alpha value is -2.61. The zero-order valence-corrected chi connectivity index (χ0v) is 17.5. The lowest BCUT2D eigenvalue weighted by Gasteiger charge is -2.16. The van der Waals surface area contributed by atoms with E-state index in [1.54, 1.807) is 6.20 Å². The monoisotopic (exact) mass is 398 g/mol. The van der Waals surface area contributed by atoms with Gasteiger partial charge >= 0.3 is 0 Å². The van der Waals surface area contributed by atoms with E-state index in [1.165, 1.54) is 11.8 Å². The van der Waals surface area contributed by atoms with Crippen LogP contribution in [0, 0.1) is 0 Å². The number of carbonyl (C=O) groups excluding carboxylic acids is 1.